The van der Waals surface area contributed by atoms with E-state index in [0.717, 1.165) is 30.6 Å². The number of hydrogen-bond donors (Lipinski definition) is 0. The van der Waals surface area contributed by atoms with Crippen LogP contribution in [0.5, 0.6) is 0 Å². The van der Waals surface area contributed by atoms with E-state index in [-0.39, 0.29) is 11.9 Å². The normalized spacial score (nSPS) is 17.1. The summed E-state index contributed by atoms with van der Waals surface area (Å²) in [7, 11) is 0. The van der Waals surface area contributed by atoms with Crippen LogP contribution in [0.1, 0.15) is 52.9 Å². The monoisotopic (exact) mass is 382 g/mol. The summed E-state index contributed by atoms with van der Waals surface area (Å²) in [5.41, 5.74) is 1.46. The molecule has 3 heterocycles. The number of rotatable bonds is 4. The Hall–Kier alpha value is -2.73. The topological polar surface area (TPSA) is 72.1 Å². The van der Waals surface area contributed by atoms with Crippen LogP contribution in [-0.4, -0.2) is 32.3 Å². The molecular weight excluding hydrogens is 364 g/mol. The van der Waals surface area contributed by atoms with Crippen LogP contribution in [-0.2, 0) is 6.42 Å². The lowest BCUT2D eigenvalue weighted by Crippen LogP contribution is -2.38. The zero-order valence-electron chi connectivity index (χ0n) is 14.7. The summed E-state index contributed by atoms with van der Waals surface area (Å²) in [5, 5.41) is 0.703. The Morgan fingerprint density at radius 3 is 2.81 bits per heavy atom. The molecule has 1 fully saturated rings. The highest BCUT2D eigenvalue weighted by atomic mass is 35.5. The molecule has 7 heteroatoms. The lowest BCUT2D eigenvalue weighted by atomic mass is 10.0. The molecule has 1 atom stereocenters. The van der Waals surface area contributed by atoms with Gasteiger partial charge in [0.05, 0.1) is 11.8 Å². The summed E-state index contributed by atoms with van der Waals surface area (Å²) in [4.78, 5) is 27.0. The molecule has 2 aromatic heterocycles. The van der Waals surface area contributed by atoms with Crippen LogP contribution in [0.3, 0.4) is 0 Å². The first kappa shape index (κ1) is 17.7. The number of oxazole rings is 1. The van der Waals surface area contributed by atoms with Gasteiger partial charge in [0.2, 0.25) is 5.89 Å². The molecule has 1 unspecified atom stereocenters. The molecule has 6 nitrogen and oxygen atoms in total. The van der Waals surface area contributed by atoms with Crippen molar-refractivity contribution in [2.75, 3.05) is 6.54 Å². The number of halogens is 1. The van der Waals surface area contributed by atoms with Crippen LogP contribution < -0.4 is 0 Å². The molecule has 3 aromatic rings. The Kier molecular flexibility index (Phi) is 5.16. The van der Waals surface area contributed by atoms with Gasteiger partial charge in [0.15, 0.2) is 0 Å². The fourth-order valence-corrected chi connectivity index (χ4v) is 3.60. The van der Waals surface area contributed by atoms with E-state index < -0.39 is 0 Å². The van der Waals surface area contributed by atoms with Crippen LogP contribution in [0.25, 0.3) is 0 Å². The zero-order valence-corrected chi connectivity index (χ0v) is 15.5. The first-order valence-electron chi connectivity index (χ1n) is 8.96. The highest BCUT2D eigenvalue weighted by Crippen LogP contribution is 2.32. The lowest BCUT2D eigenvalue weighted by molar-refractivity contribution is 0.0569. The third kappa shape index (κ3) is 3.85. The van der Waals surface area contributed by atoms with E-state index in [9.17, 15) is 4.79 Å². The van der Waals surface area contributed by atoms with Crippen LogP contribution >= 0.6 is 11.6 Å². The predicted octanol–water partition coefficient (Wildman–Crippen LogP) is 4.08. The molecule has 0 saturated carbocycles. The summed E-state index contributed by atoms with van der Waals surface area (Å²) >= 11 is 6.24. The van der Waals surface area contributed by atoms with Gasteiger partial charge < -0.3 is 9.32 Å². The minimum atomic E-state index is -0.175. The number of aromatic nitrogens is 3. The quantitative estimate of drug-likeness (QED) is 0.679. The van der Waals surface area contributed by atoms with E-state index in [0.29, 0.717) is 29.4 Å². The largest absolute Gasteiger partial charge is 0.443 e. The van der Waals surface area contributed by atoms with Crippen molar-refractivity contribution < 1.29 is 9.21 Å². The first-order chi connectivity index (χ1) is 13.2. The Labute approximate surface area is 162 Å². The minimum absolute atomic E-state index is 0.0915. The molecule has 138 valence electrons. The molecule has 0 bridgehead atoms. The number of carbonyl (C=O) groups excluding carboxylic acids is 1. The molecule has 0 N–H and O–H groups in total. The molecule has 27 heavy (non-hydrogen) atoms. The van der Waals surface area contributed by atoms with Gasteiger partial charge in [0.1, 0.15) is 18.1 Å². The van der Waals surface area contributed by atoms with E-state index in [1.165, 1.54) is 6.33 Å². The number of piperidine rings is 1. The van der Waals surface area contributed by atoms with E-state index in [4.69, 9.17) is 16.0 Å². The van der Waals surface area contributed by atoms with Crippen molar-refractivity contribution in [1.29, 1.82) is 0 Å². The second-order valence-corrected chi connectivity index (χ2v) is 6.98. The van der Waals surface area contributed by atoms with Crippen LogP contribution in [0.15, 0.2) is 53.6 Å². The minimum Gasteiger partial charge on any atom is -0.443 e. The van der Waals surface area contributed by atoms with Crippen LogP contribution in [0, 0.1) is 0 Å². The maximum Gasteiger partial charge on any atom is 0.257 e. The van der Waals surface area contributed by atoms with E-state index in [1.54, 1.807) is 18.6 Å². The van der Waals surface area contributed by atoms with Gasteiger partial charge in [-0.15, -0.1) is 0 Å². The molecule has 1 amide bonds. The summed E-state index contributed by atoms with van der Waals surface area (Å²) in [6.07, 6.45) is 9.61. The van der Waals surface area contributed by atoms with Gasteiger partial charge in [0, 0.05) is 30.4 Å². The number of nitrogens with zero attached hydrogens (tertiary/aromatic N) is 4. The highest BCUT2D eigenvalue weighted by molar-refractivity contribution is 6.31. The fraction of sp³-hybridized carbons (Fsp3) is 0.300. The van der Waals surface area contributed by atoms with Crippen LogP contribution in [0.4, 0.5) is 0 Å². The van der Waals surface area contributed by atoms with Gasteiger partial charge in [-0.1, -0.05) is 29.8 Å². The SMILES string of the molecule is O=C(c1cncnc1)N1CCCCC1c1ncc(Cc2ccccc2Cl)o1. The van der Waals surface area contributed by atoms with Crippen LogP contribution in [0.2, 0.25) is 5.02 Å². The number of likely N-dealkylation sites (tertiary alicyclic amines) is 1. The van der Waals surface area contributed by atoms with Gasteiger partial charge >= 0.3 is 0 Å². The zero-order chi connectivity index (χ0) is 18.6. The number of hydrogen-bond acceptors (Lipinski definition) is 5. The van der Waals surface area contributed by atoms with Crippen molar-refractivity contribution in [2.24, 2.45) is 0 Å². The van der Waals surface area contributed by atoms with Crippen molar-refractivity contribution in [3.63, 3.8) is 0 Å². The van der Waals surface area contributed by atoms with E-state index in [2.05, 4.69) is 15.0 Å². The lowest BCUT2D eigenvalue weighted by Gasteiger charge is -2.33. The molecular formula is C20H19ClN4O2. The predicted molar refractivity (Wildman–Crippen MR) is 100 cm³/mol. The van der Waals surface area contributed by atoms with Crippen molar-refractivity contribution in [2.45, 2.75) is 31.7 Å². The molecule has 1 aromatic carbocycles. The van der Waals surface area contributed by atoms with E-state index in [1.807, 2.05) is 29.2 Å². The number of benzene rings is 1. The third-order valence-electron chi connectivity index (χ3n) is 4.75. The average Bonchev–Trinajstić information content (AvgIpc) is 3.18. The summed E-state index contributed by atoms with van der Waals surface area (Å²) < 4.78 is 6.00. The number of carbonyl (C=O) groups is 1. The summed E-state index contributed by atoms with van der Waals surface area (Å²) in [5.74, 6) is 1.22. The molecule has 4 rings (SSSR count). The highest BCUT2D eigenvalue weighted by Gasteiger charge is 2.32. The second kappa shape index (κ2) is 7.88. The standard InChI is InChI=1S/C20H19ClN4O2/c21-17-6-2-1-5-14(17)9-16-12-24-19(27-16)18-7-3-4-8-25(18)20(26)15-10-22-13-23-11-15/h1-2,5-6,10-13,18H,3-4,7-9H2. The number of amides is 1. The molecule has 0 radical (unpaired) electrons. The van der Waals surface area contributed by atoms with Gasteiger partial charge in [-0.3, -0.25) is 4.79 Å². The van der Waals surface area contributed by atoms with Gasteiger partial charge in [0.25, 0.3) is 5.91 Å². The summed E-state index contributed by atoms with van der Waals surface area (Å²) in [6, 6.07) is 7.50. The molecule has 0 aliphatic carbocycles. The van der Waals surface area contributed by atoms with Gasteiger partial charge in [-0.25, -0.2) is 15.0 Å². The molecule has 1 saturated heterocycles. The smallest absolute Gasteiger partial charge is 0.257 e. The summed E-state index contributed by atoms with van der Waals surface area (Å²) in [6.45, 7) is 0.667. The molecule has 0 spiro atoms. The second-order valence-electron chi connectivity index (χ2n) is 6.57. The maximum atomic E-state index is 12.9. The van der Waals surface area contributed by atoms with Gasteiger partial charge in [-0.2, -0.15) is 0 Å². The van der Waals surface area contributed by atoms with Crippen molar-refractivity contribution in [3.05, 3.63) is 77.0 Å². The van der Waals surface area contributed by atoms with Crippen molar-refractivity contribution in [1.82, 2.24) is 19.9 Å². The Morgan fingerprint density at radius 2 is 2.00 bits per heavy atom. The molecule has 1 aliphatic heterocycles. The average molecular weight is 383 g/mol. The maximum absolute atomic E-state index is 12.9. The third-order valence-corrected chi connectivity index (χ3v) is 5.12. The van der Waals surface area contributed by atoms with Crippen molar-refractivity contribution in [3.8, 4) is 0 Å². The Bertz CT molecular complexity index is 928. The van der Waals surface area contributed by atoms with Crippen molar-refractivity contribution >= 4 is 17.5 Å². The van der Waals surface area contributed by atoms with E-state index >= 15 is 0 Å². The first-order valence-corrected chi connectivity index (χ1v) is 9.34. The fourth-order valence-electron chi connectivity index (χ4n) is 3.39. The Morgan fingerprint density at radius 1 is 1.19 bits per heavy atom. The molecule has 1 aliphatic rings. The van der Waals surface area contributed by atoms with Gasteiger partial charge in [-0.05, 0) is 30.9 Å². The Balaban J connectivity index is 1.55.